The van der Waals surface area contributed by atoms with Crippen LogP contribution in [-0.4, -0.2) is 53.2 Å². The molecule has 0 atom stereocenters. The molecule has 3 nitrogen and oxygen atoms in total. The van der Waals surface area contributed by atoms with Crippen molar-refractivity contribution < 1.29 is 13.3 Å². The van der Waals surface area contributed by atoms with Crippen LogP contribution in [0.15, 0.2) is 0 Å². The number of unbranched alkanes of at least 4 members (excludes halogenated alkanes) is 1. The molecule has 0 aliphatic rings. The zero-order valence-corrected chi connectivity index (χ0v) is 20.6. The van der Waals surface area contributed by atoms with Gasteiger partial charge in [0, 0.05) is 18.7 Å². The van der Waals surface area contributed by atoms with Crippen LogP contribution in [-0.2, 0) is 13.3 Å². The average molecular weight is 381 g/mol. The first-order valence-electron chi connectivity index (χ1n) is 9.03. The van der Waals surface area contributed by atoms with Crippen molar-refractivity contribution in [1.29, 1.82) is 0 Å². The average Bonchev–Trinajstić information content (AvgIpc) is 2.45. The Bertz CT molecular complexity index is 274. The molecule has 0 saturated heterocycles. The highest BCUT2D eigenvalue weighted by atomic mass is 28.4. The summed E-state index contributed by atoms with van der Waals surface area (Å²) in [5, 5.41) is 0. The molecule has 0 radical (unpaired) electrons. The van der Waals surface area contributed by atoms with Crippen molar-refractivity contribution in [3.8, 4) is 0 Å². The van der Waals surface area contributed by atoms with Gasteiger partial charge in [0.1, 0.15) is 8.07 Å². The first-order valence-corrected chi connectivity index (χ1v) is 20.5. The van der Waals surface area contributed by atoms with Crippen LogP contribution in [0.1, 0.15) is 26.7 Å². The Morgan fingerprint density at radius 3 is 1.68 bits per heavy atom. The lowest BCUT2D eigenvalue weighted by Gasteiger charge is -2.35. The maximum absolute atomic E-state index is 6.52. The SMILES string of the molecule is CCCC[Si](C)(C)OC[Si](CC)(CO[SiH](C)C)CO[SiH](C)C. The van der Waals surface area contributed by atoms with Gasteiger partial charge in [-0.1, -0.05) is 32.7 Å². The lowest BCUT2D eigenvalue weighted by Crippen LogP contribution is -2.54. The molecule has 0 spiro atoms. The molecule has 0 aliphatic carbocycles. The number of hydrogen-bond acceptors (Lipinski definition) is 3. The van der Waals surface area contributed by atoms with E-state index >= 15 is 0 Å². The molecule has 134 valence electrons. The van der Waals surface area contributed by atoms with Crippen LogP contribution >= 0.6 is 0 Å². The molecule has 0 saturated carbocycles. The van der Waals surface area contributed by atoms with E-state index in [2.05, 4.69) is 53.1 Å². The van der Waals surface area contributed by atoms with Crippen LogP contribution in [0, 0.1) is 0 Å². The van der Waals surface area contributed by atoms with Crippen molar-refractivity contribution in [2.75, 3.05) is 18.7 Å². The second kappa shape index (κ2) is 11.3. The Kier molecular flexibility index (Phi) is 11.7. The number of hydrogen-bond donors (Lipinski definition) is 0. The summed E-state index contributed by atoms with van der Waals surface area (Å²) in [5.41, 5.74) is 0. The largest absolute Gasteiger partial charge is 0.424 e. The molecule has 0 rings (SSSR count). The third kappa shape index (κ3) is 10.5. The van der Waals surface area contributed by atoms with Gasteiger partial charge in [-0.3, -0.25) is 0 Å². The van der Waals surface area contributed by atoms with Crippen LogP contribution in [0.5, 0.6) is 0 Å². The minimum Gasteiger partial charge on any atom is -0.424 e. The molecule has 0 aliphatic heterocycles. The Morgan fingerprint density at radius 2 is 1.32 bits per heavy atom. The van der Waals surface area contributed by atoms with Gasteiger partial charge in [-0.05, 0) is 45.3 Å². The standard InChI is InChI=1S/C15H40O3Si4/c1-9-11-12-21(7,8)18-15-22(10-2,13-16-19(3)4)14-17-20(5)6/h19-20H,9-15H2,1-8H3. The number of rotatable bonds is 13. The van der Waals surface area contributed by atoms with Gasteiger partial charge in [-0.15, -0.1) is 0 Å². The quantitative estimate of drug-likeness (QED) is 0.450. The first kappa shape index (κ1) is 22.7. The van der Waals surface area contributed by atoms with E-state index in [0.29, 0.717) is 0 Å². The maximum Gasteiger partial charge on any atom is 0.186 e. The van der Waals surface area contributed by atoms with E-state index < -0.39 is 34.5 Å². The van der Waals surface area contributed by atoms with Crippen LogP contribution < -0.4 is 0 Å². The third-order valence-corrected chi connectivity index (χ3v) is 13.0. The minimum absolute atomic E-state index is 0.937. The Balaban J connectivity index is 4.73. The molecule has 22 heavy (non-hydrogen) atoms. The first-order chi connectivity index (χ1) is 10.2. The normalized spacial score (nSPS) is 13.4. The lowest BCUT2D eigenvalue weighted by molar-refractivity contribution is 0.312. The summed E-state index contributed by atoms with van der Waals surface area (Å²) in [6.45, 7) is 18.3. The van der Waals surface area contributed by atoms with E-state index in [0.717, 1.165) is 18.7 Å². The highest BCUT2D eigenvalue weighted by molar-refractivity contribution is 6.82. The van der Waals surface area contributed by atoms with E-state index in [1.54, 1.807) is 0 Å². The third-order valence-electron chi connectivity index (χ3n) is 4.10. The van der Waals surface area contributed by atoms with Crippen molar-refractivity contribution in [1.82, 2.24) is 0 Å². The minimum atomic E-state index is -1.61. The summed E-state index contributed by atoms with van der Waals surface area (Å²) < 4.78 is 18.8. The molecule has 0 aromatic heterocycles. The zero-order valence-electron chi connectivity index (χ0n) is 16.3. The summed E-state index contributed by atoms with van der Waals surface area (Å²) in [7, 11) is -5.07. The maximum atomic E-state index is 6.52. The lowest BCUT2D eigenvalue weighted by atomic mass is 10.4. The van der Waals surface area contributed by atoms with Gasteiger partial charge < -0.3 is 13.3 Å². The van der Waals surface area contributed by atoms with Gasteiger partial charge in [0.05, 0.1) is 0 Å². The van der Waals surface area contributed by atoms with Gasteiger partial charge in [0.15, 0.2) is 26.4 Å². The van der Waals surface area contributed by atoms with Crippen molar-refractivity contribution in [3.05, 3.63) is 0 Å². The molecule has 0 fully saturated rings. The molecule has 0 unspecified atom stereocenters. The monoisotopic (exact) mass is 380 g/mol. The molecule has 0 heterocycles. The molecule has 0 amide bonds. The van der Waals surface area contributed by atoms with Crippen molar-refractivity contribution >= 4 is 34.5 Å². The van der Waals surface area contributed by atoms with E-state index in [1.165, 1.54) is 24.9 Å². The second-order valence-corrected chi connectivity index (χ2v) is 21.5. The van der Waals surface area contributed by atoms with E-state index in [9.17, 15) is 0 Å². The second-order valence-electron chi connectivity index (χ2n) is 7.72. The molecule has 0 bridgehead atoms. The van der Waals surface area contributed by atoms with Gasteiger partial charge in [0.25, 0.3) is 0 Å². The molecule has 0 aromatic carbocycles. The smallest absolute Gasteiger partial charge is 0.186 e. The summed E-state index contributed by atoms with van der Waals surface area (Å²) >= 11 is 0. The van der Waals surface area contributed by atoms with Crippen molar-refractivity contribution in [2.45, 2.75) is 78.1 Å². The van der Waals surface area contributed by atoms with Crippen molar-refractivity contribution in [3.63, 3.8) is 0 Å². The van der Waals surface area contributed by atoms with Gasteiger partial charge in [-0.2, -0.15) is 0 Å². The predicted octanol–water partition coefficient (Wildman–Crippen LogP) is 4.09. The molecular formula is C15H40O3Si4. The predicted molar refractivity (Wildman–Crippen MR) is 109 cm³/mol. The highest BCUT2D eigenvalue weighted by Gasteiger charge is 2.36. The van der Waals surface area contributed by atoms with Crippen LogP contribution in [0.3, 0.4) is 0 Å². The zero-order chi connectivity index (χ0) is 17.2. The fourth-order valence-electron chi connectivity index (χ4n) is 2.14. The fraction of sp³-hybridized carbons (Fsp3) is 1.00. The van der Waals surface area contributed by atoms with Crippen LogP contribution in [0.4, 0.5) is 0 Å². The molecule has 0 N–H and O–H groups in total. The van der Waals surface area contributed by atoms with Crippen LogP contribution in [0.25, 0.3) is 0 Å². The fourth-order valence-corrected chi connectivity index (χ4v) is 12.6. The topological polar surface area (TPSA) is 27.7 Å². The molecular weight excluding hydrogens is 341 g/mol. The summed E-state index contributed by atoms with van der Waals surface area (Å²) in [4.78, 5) is 0. The van der Waals surface area contributed by atoms with E-state index in [1.807, 2.05) is 0 Å². The van der Waals surface area contributed by atoms with Gasteiger partial charge in [0.2, 0.25) is 0 Å². The Labute approximate surface area is 144 Å². The Hall–Kier alpha value is 0.748. The summed E-state index contributed by atoms with van der Waals surface area (Å²) in [6, 6.07) is 2.48. The van der Waals surface area contributed by atoms with Gasteiger partial charge in [-0.25, -0.2) is 0 Å². The van der Waals surface area contributed by atoms with E-state index in [4.69, 9.17) is 13.3 Å². The summed E-state index contributed by atoms with van der Waals surface area (Å²) in [6.07, 6.45) is 5.37. The van der Waals surface area contributed by atoms with E-state index in [-0.39, 0.29) is 0 Å². The highest BCUT2D eigenvalue weighted by Crippen LogP contribution is 2.20. The van der Waals surface area contributed by atoms with Crippen molar-refractivity contribution in [2.24, 2.45) is 0 Å². The summed E-state index contributed by atoms with van der Waals surface area (Å²) in [5.74, 6) is 0. The van der Waals surface area contributed by atoms with Gasteiger partial charge >= 0.3 is 0 Å². The van der Waals surface area contributed by atoms with Crippen LogP contribution in [0.2, 0.25) is 51.4 Å². The Morgan fingerprint density at radius 1 is 0.818 bits per heavy atom. The molecule has 7 heteroatoms. The molecule has 0 aromatic rings.